The minimum absolute atomic E-state index is 0. The fourth-order valence-corrected chi connectivity index (χ4v) is 4.25. The van der Waals surface area contributed by atoms with Gasteiger partial charge in [-0.2, -0.15) is 0 Å². The molecule has 3 rings (SSSR count). The first-order chi connectivity index (χ1) is 14.2. The highest BCUT2D eigenvalue weighted by atomic mass is 127. The molecule has 9 heteroatoms. The molecule has 31 heavy (non-hydrogen) atoms. The SMILES string of the molecule is CCNC(=NCc1cc(F)ccc1F)NC1CC2CCC(C1)N2C(=O)OC(C)(C)C.I. The Hall–Kier alpha value is -1.65. The summed E-state index contributed by atoms with van der Waals surface area (Å²) in [6.07, 6.45) is 3.29. The molecule has 0 aliphatic carbocycles. The summed E-state index contributed by atoms with van der Waals surface area (Å²) in [6.45, 7) is 8.28. The number of fused-ring (bicyclic) bond motifs is 2. The molecule has 1 aromatic carbocycles. The van der Waals surface area contributed by atoms with Gasteiger partial charge in [0.1, 0.15) is 17.2 Å². The van der Waals surface area contributed by atoms with Gasteiger partial charge in [-0.05, 0) is 71.6 Å². The van der Waals surface area contributed by atoms with Crippen LogP contribution in [0.3, 0.4) is 0 Å². The summed E-state index contributed by atoms with van der Waals surface area (Å²) in [5.74, 6) is -0.387. The summed E-state index contributed by atoms with van der Waals surface area (Å²) in [5.41, 5.74) is -0.296. The van der Waals surface area contributed by atoms with Crippen LogP contribution in [0.5, 0.6) is 0 Å². The average Bonchev–Trinajstić information content (AvgIpc) is 2.92. The largest absolute Gasteiger partial charge is 0.444 e. The van der Waals surface area contributed by atoms with Crippen LogP contribution in [-0.2, 0) is 11.3 Å². The Labute approximate surface area is 200 Å². The van der Waals surface area contributed by atoms with Gasteiger partial charge in [0.2, 0.25) is 0 Å². The van der Waals surface area contributed by atoms with Crippen molar-refractivity contribution in [2.75, 3.05) is 6.54 Å². The highest BCUT2D eigenvalue weighted by Crippen LogP contribution is 2.36. The van der Waals surface area contributed by atoms with E-state index in [-0.39, 0.29) is 60.3 Å². The van der Waals surface area contributed by atoms with E-state index < -0.39 is 17.2 Å². The van der Waals surface area contributed by atoms with Gasteiger partial charge in [0.15, 0.2) is 5.96 Å². The molecule has 2 atom stereocenters. The normalized spacial score (nSPS) is 23.2. The van der Waals surface area contributed by atoms with Crippen molar-refractivity contribution < 1.29 is 18.3 Å². The van der Waals surface area contributed by atoms with Crippen LogP contribution in [0.25, 0.3) is 0 Å². The van der Waals surface area contributed by atoms with Crippen LogP contribution in [0.2, 0.25) is 0 Å². The number of hydrogen-bond acceptors (Lipinski definition) is 3. The molecule has 1 aromatic rings. The molecule has 2 unspecified atom stereocenters. The second kappa shape index (κ2) is 10.8. The number of rotatable bonds is 4. The lowest BCUT2D eigenvalue weighted by atomic mass is 9.98. The van der Waals surface area contributed by atoms with Gasteiger partial charge in [-0.1, -0.05) is 0 Å². The fourth-order valence-electron chi connectivity index (χ4n) is 4.25. The molecule has 2 aliphatic heterocycles. The van der Waals surface area contributed by atoms with Gasteiger partial charge in [0, 0.05) is 30.2 Å². The topological polar surface area (TPSA) is 66.0 Å². The van der Waals surface area contributed by atoms with Crippen LogP contribution in [0, 0.1) is 11.6 Å². The van der Waals surface area contributed by atoms with Gasteiger partial charge in [0.05, 0.1) is 6.54 Å². The number of benzene rings is 1. The Morgan fingerprint density at radius 2 is 1.87 bits per heavy atom. The first-order valence-electron chi connectivity index (χ1n) is 10.7. The summed E-state index contributed by atoms with van der Waals surface area (Å²) in [6, 6.07) is 3.81. The van der Waals surface area contributed by atoms with Crippen molar-refractivity contribution in [3.8, 4) is 0 Å². The van der Waals surface area contributed by atoms with E-state index in [0.717, 1.165) is 37.8 Å². The minimum Gasteiger partial charge on any atom is -0.444 e. The molecule has 2 aliphatic rings. The van der Waals surface area contributed by atoms with Gasteiger partial charge < -0.3 is 20.3 Å². The molecule has 1 amide bonds. The van der Waals surface area contributed by atoms with Crippen molar-refractivity contribution >= 4 is 36.0 Å². The zero-order valence-electron chi connectivity index (χ0n) is 18.6. The maximum atomic E-state index is 13.9. The van der Waals surface area contributed by atoms with Gasteiger partial charge in [-0.15, -0.1) is 24.0 Å². The molecule has 2 saturated heterocycles. The van der Waals surface area contributed by atoms with E-state index in [1.165, 1.54) is 6.07 Å². The number of carbonyl (C=O) groups is 1. The van der Waals surface area contributed by atoms with Crippen LogP contribution in [0.15, 0.2) is 23.2 Å². The molecule has 0 saturated carbocycles. The Morgan fingerprint density at radius 3 is 2.45 bits per heavy atom. The van der Waals surface area contributed by atoms with Crippen molar-refractivity contribution in [1.82, 2.24) is 15.5 Å². The summed E-state index contributed by atoms with van der Waals surface area (Å²) in [7, 11) is 0. The van der Waals surface area contributed by atoms with Gasteiger partial charge in [-0.3, -0.25) is 0 Å². The Kier molecular flexibility index (Phi) is 8.91. The molecule has 2 bridgehead atoms. The number of amides is 1. The van der Waals surface area contributed by atoms with Crippen molar-refractivity contribution in [2.45, 2.75) is 83.6 Å². The van der Waals surface area contributed by atoms with Crippen molar-refractivity contribution in [3.05, 3.63) is 35.4 Å². The summed E-state index contributed by atoms with van der Waals surface area (Å²) >= 11 is 0. The molecule has 2 N–H and O–H groups in total. The van der Waals surface area contributed by atoms with Gasteiger partial charge in [-0.25, -0.2) is 18.6 Å². The highest BCUT2D eigenvalue weighted by Gasteiger charge is 2.45. The van der Waals surface area contributed by atoms with E-state index in [1.807, 2.05) is 32.6 Å². The minimum atomic E-state index is -0.511. The lowest BCUT2D eigenvalue weighted by Gasteiger charge is -2.40. The molecule has 2 fully saturated rings. The molecular formula is C22H33F2IN4O2. The summed E-state index contributed by atoms with van der Waals surface area (Å²) in [5, 5.41) is 6.58. The fraction of sp³-hybridized carbons (Fsp3) is 0.636. The molecular weight excluding hydrogens is 517 g/mol. The number of carbonyl (C=O) groups excluding carboxylic acids is 1. The lowest BCUT2D eigenvalue weighted by molar-refractivity contribution is 0.00545. The van der Waals surface area contributed by atoms with Crippen LogP contribution in [0.1, 0.15) is 58.9 Å². The van der Waals surface area contributed by atoms with E-state index in [9.17, 15) is 13.6 Å². The third kappa shape index (κ3) is 6.92. The second-order valence-corrected chi connectivity index (χ2v) is 9.02. The highest BCUT2D eigenvalue weighted by molar-refractivity contribution is 14.0. The molecule has 2 heterocycles. The quantitative estimate of drug-likeness (QED) is 0.328. The molecule has 0 radical (unpaired) electrons. The van der Waals surface area contributed by atoms with Crippen LogP contribution < -0.4 is 10.6 Å². The molecule has 6 nitrogen and oxygen atoms in total. The van der Waals surface area contributed by atoms with E-state index in [1.54, 1.807) is 0 Å². The Balaban J connectivity index is 0.00000341. The number of nitrogens with one attached hydrogen (secondary N) is 2. The van der Waals surface area contributed by atoms with Crippen molar-refractivity contribution in [3.63, 3.8) is 0 Å². The van der Waals surface area contributed by atoms with Crippen LogP contribution >= 0.6 is 24.0 Å². The smallest absolute Gasteiger partial charge is 0.410 e. The maximum Gasteiger partial charge on any atom is 0.410 e. The number of guanidine groups is 1. The standard InChI is InChI=1S/C22H32F2N4O2.HI/c1-5-25-20(26-13-14-10-15(23)6-9-19(14)24)27-16-11-17-7-8-18(12-16)28(17)21(29)30-22(2,3)4;/h6,9-10,16-18H,5,7-8,11-13H2,1-4H3,(H2,25,26,27);1H. The number of nitrogens with zero attached hydrogens (tertiary/aromatic N) is 2. The van der Waals surface area contributed by atoms with Gasteiger partial charge in [0.25, 0.3) is 0 Å². The first-order valence-corrected chi connectivity index (χ1v) is 10.7. The number of hydrogen-bond donors (Lipinski definition) is 2. The predicted molar refractivity (Wildman–Crippen MR) is 128 cm³/mol. The van der Waals surface area contributed by atoms with Crippen molar-refractivity contribution in [2.24, 2.45) is 4.99 Å². The summed E-state index contributed by atoms with van der Waals surface area (Å²) < 4.78 is 32.9. The zero-order valence-corrected chi connectivity index (χ0v) is 20.9. The lowest BCUT2D eigenvalue weighted by Crippen LogP contribution is -2.55. The number of ether oxygens (including phenoxy) is 1. The van der Waals surface area contributed by atoms with Crippen LogP contribution in [0.4, 0.5) is 13.6 Å². The zero-order chi connectivity index (χ0) is 21.9. The van der Waals surface area contributed by atoms with E-state index >= 15 is 0 Å². The molecule has 0 aromatic heterocycles. The number of halogens is 3. The number of piperidine rings is 1. The number of aliphatic imine (C=N–C) groups is 1. The third-order valence-electron chi connectivity index (χ3n) is 5.44. The van der Waals surface area contributed by atoms with E-state index in [2.05, 4.69) is 15.6 Å². The first kappa shape index (κ1) is 25.6. The molecule has 174 valence electrons. The van der Waals surface area contributed by atoms with Gasteiger partial charge >= 0.3 is 6.09 Å². The maximum absolute atomic E-state index is 13.9. The van der Waals surface area contributed by atoms with Crippen molar-refractivity contribution in [1.29, 1.82) is 0 Å². The third-order valence-corrected chi connectivity index (χ3v) is 5.44. The monoisotopic (exact) mass is 550 g/mol. The Morgan fingerprint density at radius 1 is 1.23 bits per heavy atom. The Bertz CT molecular complexity index is 786. The average molecular weight is 550 g/mol. The molecule has 0 spiro atoms. The summed E-state index contributed by atoms with van der Waals surface area (Å²) in [4.78, 5) is 18.9. The second-order valence-electron chi connectivity index (χ2n) is 9.02. The van der Waals surface area contributed by atoms with E-state index in [0.29, 0.717) is 12.5 Å². The van der Waals surface area contributed by atoms with Crippen LogP contribution in [-0.4, -0.2) is 47.2 Å². The van der Waals surface area contributed by atoms with E-state index in [4.69, 9.17) is 4.74 Å². The predicted octanol–water partition coefficient (Wildman–Crippen LogP) is 4.57.